The zero-order valence-corrected chi connectivity index (χ0v) is 22.2. The molecule has 5 aromatic carbocycles. The lowest BCUT2D eigenvalue weighted by Crippen LogP contribution is -2.14. The van der Waals surface area contributed by atoms with Gasteiger partial charge in [-0.15, -0.1) is 0 Å². The van der Waals surface area contributed by atoms with E-state index in [9.17, 15) is 0 Å². The average Bonchev–Trinajstić information content (AvgIpc) is 3.49. The van der Waals surface area contributed by atoms with Crippen molar-refractivity contribution in [2.24, 2.45) is 0 Å². The molecule has 0 spiro atoms. The summed E-state index contributed by atoms with van der Waals surface area (Å²) < 4.78 is 6.06. The number of para-hydroxylation sites is 1. The fourth-order valence-electron chi connectivity index (χ4n) is 6.07. The number of aromatic nitrogens is 3. The van der Waals surface area contributed by atoms with Crippen LogP contribution in [-0.4, -0.2) is 15.0 Å². The summed E-state index contributed by atoms with van der Waals surface area (Å²) >= 11 is 0. The molecule has 4 nitrogen and oxygen atoms in total. The van der Waals surface area contributed by atoms with Gasteiger partial charge in [-0.2, -0.15) is 0 Å². The van der Waals surface area contributed by atoms with Gasteiger partial charge in [0.2, 0.25) is 0 Å². The highest BCUT2D eigenvalue weighted by molar-refractivity contribution is 6.06. The van der Waals surface area contributed by atoms with E-state index in [2.05, 4.69) is 68.4 Å². The zero-order chi connectivity index (χ0) is 26.8. The van der Waals surface area contributed by atoms with E-state index in [1.54, 1.807) is 0 Å². The largest absolute Gasteiger partial charge is 0.456 e. The molecule has 0 radical (unpaired) electrons. The van der Waals surface area contributed by atoms with E-state index >= 15 is 0 Å². The first kappa shape index (κ1) is 22.9. The van der Waals surface area contributed by atoms with Crippen molar-refractivity contribution in [3.8, 4) is 45.3 Å². The summed E-state index contributed by atoms with van der Waals surface area (Å²) in [5, 5.41) is 2.13. The van der Waals surface area contributed by atoms with Crippen molar-refractivity contribution in [3.63, 3.8) is 0 Å². The molecule has 0 aliphatic heterocycles. The minimum atomic E-state index is -0.0489. The van der Waals surface area contributed by atoms with Crippen LogP contribution in [0.1, 0.15) is 25.0 Å². The summed E-state index contributed by atoms with van der Waals surface area (Å²) in [6.07, 6.45) is 0. The standard InChI is InChI=1S/C36H25N3O/c1-36(2)29-14-8-6-12-25(29)27-20-23(16-18-30(27)36)34-37-33(22-10-4-3-5-11-22)38-35(39-34)24-17-19-32-28(21-24)26-13-7-9-15-31(26)40-32/h3-21H,1-2H3. The van der Waals surface area contributed by atoms with Gasteiger partial charge in [0.25, 0.3) is 0 Å². The summed E-state index contributed by atoms with van der Waals surface area (Å²) in [7, 11) is 0. The van der Waals surface area contributed by atoms with Crippen LogP contribution in [0.15, 0.2) is 120 Å². The van der Waals surface area contributed by atoms with E-state index in [0.29, 0.717) is 17.5 Å². The van der Waals surface area contributed by atoms with Crippen LogP contribution in [0.5, 0.6) is 0 Å². The minimum Gasteiger partial charge on any atom is -0.456 e. The van der Waals surface area contributed by atoms with Crippen LogP contribution in [-0.2, 0) is 5.41 Å². The quantitative estimate of drug-likeness (QED) is 0.235. The van der Waals surface area contributed by atoms with E-state index in [4.69, 9.17) is 19.4 Å². The van der Waals surface area contributed by atoms with Crippen LogP contribution in [0.25, 0.3) is 67.2 Å². The molecule has 2 aromatic heterocycles. The fraction of sp³-hybridized carbons (Fsp3) is 0.0833. The Bertz CT molecular complexity index is 2090. The number of hydrogen-bond acceptors (Lipinski definition) is 4. The van der Waals surface area contributed by atoms with Gasteiger partial charge in [-0.05, 0) is 52.6 Å². The van der Waals surface area contributed by atoms with Crippen LogP contribution in [0, 0.1) is 0 Å². The molecule has 0 atom stereocenters. The van der Waals surface area contributed by atoms with Crippen molar-refractivity contribution in [1.29, 1.82) is 0 Å². The number of nitrogens with zero attached hydrogens (tertiary/aromatic N) is 3. The second-order valence-electron chi connectivity index (χ2n) is 10.9. The van der Waals surface area contributed by atoms with E-state index in [1.165, 1.54) is 22.3 Å². The van der Waals surface area contributed by atoms with Gasteiger partial charge >= 0.3 is 0 Å². The molecular weight excluding hydrogens is 490 g/mol. The third-order valence-corrected chi connectivity index (χ3v) is 8.14. The van der Waals surface area contributed by atoms with Gasteiger partial charge in [0.05, 0.1) is 0 Å². The second-order valence-corrected chi connectivity index (χ2v) is 10.9. The fourth-order valence-corrected chi connectivity index (χ4v) is 6.07. The highest BCUT2D eigenvalue weighted by Gasteiger charge is 2.35. The van der Waals surface area contributed by atoms with Gasteiger partial charge in [0.15, 0.2) is 17.5 Å². The Morgan fingerprint density at radius 1 is 0.475 bits per heavy atom. The molecule has 0 unspecified atom stereocenters. The molecule has 7 aromatic rings. The van der Waals surface area contributed by atoms with Crippen molar-refractivity contribution in [2.75, 3.05) is 0 Å². The molecule has 4 heteroatoms. The third kappa shape index (κ3) is 3.43. The summed E-state index contributed by atoms with van der Waals surface area (Å²) in [5.41, 5.74) is 9.72. The van der Waals surface area contributed by atoms with Crippen molar-refractivity contribution in [1.82, 2.24) is 15.0 Å². The van der Waals surface area contributed by atoms with E-state index in [1.807, 2.05) is 60.7 Å². The van der Waals surface area contributed by atoms with Gasteiger partial charge in [-0.1, -0.05) is 98.8 Å². The van der Waals surface area contributed by atoms with Gasteiger partial charge < -0.3 is 4.42 Å². The van der Waals surface area contributed by atoms with Crippen LogP contribution < -0.4 is 0 Å². The number of hydrogen-bond donors (Lipinski definition) is 0. The average molecular weight is 516 g/mol. The van der Waals surface area contributed by atoms with Gasteiger partial charge in [0.1, 0.15) is 11.2 Å². The van der Waals surface area contributed by atoms with Crippen molar-refractivity contribution in [3.05, 3.63) is 126 Å². The highest BCUT2D eigenvalue weighted by atomic mass is 16.3. The second kappa shape index (κ2) is 8.45. The summed E-state index contributed by atoms with van der Waals surface area (Å²) in [6, 6.07) is 39.7. The maximum Gasteiger partial charge on any atom is 0.164 e. The molecule has 0 fully saturated rings. The molecule has 1 aliphatic carbocycles. The molecule has 0 N–H and O–H groups in total. The molecule has 0 saturated heterocycles. The SMILES string of the molecule is CC1(C)c2ccccc2-c2cc(-c3nc(-c4ccccc4)nc(-c4ccc5oc6ccccc6c5c4)n3)ccc21. The Morgan fingerprint density at radius 3 is 1.90 bits per heavy atom. The van der Waals surface area contributed by atoms with Crippen molar-refractivity contribution < 1.29 is 4.42 Å². The normalized spacial score (nSPS) is 13.4. The Balaban J connectivity index is 1.33. The lowest BCUT2D eigenvalue weighted by molar-refractivity contribution is 0.660. The number of benzene rings is 5. The van der Waals surface area contributed by atoms with Crippen LogP contribution in [0.4, 0.5) is 0 Å². The first-order chi connectivity index (χ1) is 19.6. The molecule has 0 bridgehead atoms. The number of rotatable bonds is 3. The maximum atomic E-state index is 6.06. The Hall–Kier alpha value is -5.09. The highest BCUT2D eigenvalue weighted by Crippen LogP contribution is 2.49. The van der Waals surface area contributed by atoms with Crippen LogP contribution in [0.3, 0.4) is 0 Å². The first-order valence-electron chi connectivity index (χ1n) is 13.5. The van der Waals surface area contributed by atoms with E-state index < -0.39 is 0 Å². The first-order valence-corrected chi connectivity index (χ1v) is 13.5. The van der Waals surface area contributed by atoms with E-state index in [0.717, 1.165) is 38.6 Å². The van der Waals surface area contributed by atoms with Crippen molar-refractivity contribution in [2.45, 2.75) is 19.3 Å². The molecule has 40 heavy (non-hydrogen) atoms. The number of fused-ring (bicyclic) bond motifs is 6. The van der Waals surface area contributed by atoms with Gasteiger partial charge in [-0.25, -0.2) is 15.0 Å². The molecule has 0 saturated carbocycles. The van der Waals surface area contributed by atoms with Gasteiger partial charge in [-0.3, -0.25) is 0 Å². The van der Waals surface area contributed by atoms with Crippen LogP contribution in [0.2, 0.25) is 0 Å². The Kier molecular flexibility index (Phi) is 4.83. The minimum absolute atomic E-state index is 0.0489. The molecule has 190 valence electrons. The molecular formula is C36H25N3O. The molecule has 8 rings (SSSR count). The Labute approximate surface area is 232 Å². The zero-order valence-electron chi connectivity index (χ0n) is 22.2. The lowest BCUT2D eigenvalue weighted by Gasteiger charge is -2.21. The molecule has 0 amide bonds. The predicted molar refractivity (Wildman–Crippen MR) is 161 cm³/mol. The molecule has 1 aliphatic rings. The maximum absolute atomic E-state index is 6.06. The Morgan fingerprint density at radius 2 is 1.07 bits per heavy atom. The topological polar surface area (TPSA) is 51.8 Å². The van der Waals surface area contributed by atoms with Crippen LogP contribution >= 0.6 is 0 Å². The third-order valence-electron chi connectivity index (χ3n) is 8.14. The monoisotopic (exact) mass is 515 g/mol. The molecule has 2 heterocycles. The predicted octanol–water partition coefficient (Wildman–Crippen LogP) is 9.08. The summed E-state index contributed by atoms with van der Waals surface area (Å²) in [4.78, 5) is 15.0. The van der Waals surface area contributed by atoms with E-state index in [-0.39, 0.29) is 5.41 Å². The van der Waals surface area contributed by atoms with Crippen molar-refractivity contribution >= 4 is 21.9 Å². The number of furan rings is 1. The summed E-state index contributed by atoms with van der Waals surface area (Å²) in [6.45, 7) is 4.59. The van der Waals surface area contributed by atoms with Gasteiger partial charge in [0, 0.05) is 32.9 Å². The lowest BCUT2D eigenvalue weighted by atomic mass is 9.82. The summed E-state index contributed by atoms with van der Waals surface area (Å²) in [5.74, 6) is 1.95. The smallest absolute Gasteiger partial charge is 0.164 e.